The Labute approximate surface area is 169 Å². The van der Waals surface area contributed by atoms with E-state index in [0.717, 1.165) is 16.5 Å². The minimum Gasteiger partial charge on any atom is -0.483 e. The molecule has 2 aromatic rings. The quantitative estimate of drug-likeness (QED) is 0.384. The fourth-order valence-corrected chi connectivity index (χ4v) is 2.65. The molecule has 0 saturated carbocycles. The van der Waals surface area contributed by atoms with Crippen molar-refractivity contribution in [2.24, 2.45) is 0 Å². The Morgan fingerprint density at radius 1 is 1.18 bits per heavy atom. The number of ether oxygens (including phenoxy) is 1. The molecule has 9 heteroatoms. The number of benzene rings is 2. The maximum Gasteiger partial charge on any atom is 0.276 e. The Morgan fingerprint density at radius 3 is 2.50 bits per heavy atom. The topological polar surface area (TPSA) is 111 Å². The van der Waals surface area contributed by atoms with Crippen molar-refractivity contribution in [2.45, 2.75) is 13.3 Å². The van der Waals surface area contributed by atoms with E-state index in [1.807, 2.05) is 19.1 Å². The first-order valence-electron chi connectivity index (χ1n) is 8.31. The van der Waals surface area contributed by atoms with E-state index in [2.05, 4.69) is 26.8 Å². The average Bonchev–Trinajstić information content (AvgIpc) is 2.69. The number of halogens is 1. The third-order valence-electron chi connectivity index (χ3n) is 3.62. The number of rotatable bonds is 7. The summed E-state index contributed by atoms with van der Waals surface area (Å²) >= 11 is 3.38. The number of hydrogen-bond acceptors (Lipinski definition) is 5. The molecule has 0 heterocycles. The highest BCUT2D eigenvalue weighted by molar-refractivity contribution is 9.10. The number of nitro groups is 1. The van der Waals surface area contributed by atoms with Gasteiger partial charge in [-0.3, -0.25) is 30.6 Å². The van der Waals surface area contributed by atoms with Crippen LogP contribution in [0.1, 0.15) is 18.1 Å². The fourth-order valence-electron chi connectivity index (χ4n) is 2.11. The van der Waals surface area contributed by atoms with Crippen molar-refractivity contribution in [3.05, 3.63) is 74.3 Å². The van der Waals surface area contributed by atoms with Crippen LogP contribution < -0.4 is 15.6 Å². The summed E-state index contributed by atoms with van der Waals surface area (Å²) in [5.74, 6) is -0.555. The smallest absolute Gasteiger partial charge is 0.276 e. The molecule has 0 atom stereocenters. The van der Waals surface area contributed by atoms with Gasteiger partial charge in [-0.25, -0.2) is 0 Å². The first-order chi connectivity index (χ1) is 13.4. The molecule has 2 aromatic carbocycles. The lowest BCUT2D eigenvalue weighted by Crippen LogP contribution is -2.43. The molecule has 0 aliphatic rings. The summed E-state index contributed by atoms with van der Waals surface area (Å²) in [4.78, 5) is 33.6. The average molecular weight is 448 g/mol. The molecule has 0 fully saturated rings. The SMILES string of the molecule is CCc1ccc(OCC(=O)NNC(=O)/C=C/c2ccc([N+](=O)[O-])cc2)c(Br)c1. The minimum absolute atomic E-state index is 0.0372. The molecule has 0 unspecified atom stereocenters. The second-order valence-corrected chi connectivity index (χ2v) is 6.48. The zero-order chi connectivity index (χ0) is 20.5. The molecule has 0 radical (unpaired) electrons. The Balaban J connectivity index is 1.77. The summed E-state index contributed by atoms with van der Waals surface area (Å²) in [5, 5.41) is 10.6. The second kappa shape index (κ2) is 10.2. The van der Waals surface area contributed by atoms with Crippen molar-refractivity contribution in [3.8, 4) is 5.75 Å². The molecular weight excluding hydrogens is 430 g/mol. The fraction of sp³-hybridized carbons (Fsp3) is 0.158. The second-order valence-electron chi connectivity index (χ2n) is 5.63. The number of carbonyl (C=O) groups excluding carboxylic acids is 2. The number of aryl methyl sites for hydroxylation is 1. The van der Waals surface area contributed by atoms with Gasteiger partial charge in [-0.1, -0.05) is 13.0 Å². The third kappa shape index (κ3) is 6.51. The lowest BCUT2D eigenvalue weighted by atomic mass is 10.2. The van der Waals surface area contributed by atoms with Crippen LogP contribution >= 0.6 is 15.9 Å². The third-order valence-corrected chi connectivity index (χ3v) is 4.24. The number of hydrazine groups is 1. The Morgan fingerprint density at radius 2 is 1.89 bits per heavy atom. The summed E-state index contributed by atoms with van der Waals surface area (Å²) in [6, 6.07) is 11.3. The highest BCUT2D eigenvalue weighted by Crippen LogP contribution is 2.26. The molecule has 0 bridgehead atoms. The van der Waals surface area contributed by atoms with Gasteiger partial charge >= 0.3 is 0 Å². The molecule has 0 aromatic heterocycles. The number of hydrogen-bond donors (Lipinski definition) is 2. The maximum atomic E-state index is 11.8. The van der Waals surface area contributed by atoms with Gasteiger partial charge in [0.05, 0.1) is 9.40 Å². The molecule has 2 rings (SSSR count). The zero-order valence-electron chi connectivity index (χ0n) is 15.0. The molecule has 2 amide bonds. The minimum atomic E-state index is -0.555. The molecule has 8 nitrogen and oxygen atoms in total. The van der Waals surface area contributed by atoms with Crippen LogP contribution in [0.5, 0.6) is 5.75 Å². The van der Waals surface area contributed by atoms with Crippen LogP contribution in [-0.2, 0) is 16.0 Å². The van der Waals surface area contributed by atoms with Gasteiger partial charge in [-0.2, -0.15) is 0 Å². The molecule has 0 aliphatic carbocycles. The van der Waals surface area contributed by atoms with E-state index in [4.69, 9.17) is 4.74 Å². The van der Waals surface area contributed by atoms with Crippen molar-refractivity contribution in [1.82, 2.24) is 10.9 Å². The number of carbonyl (C=O) groups is 2. The van der Waals surface area contributed by atoms with Crippen LogP contribution in [0.15, 0.2) is 53.0 Å². The Kier molecular flexibility index (Phi) is 7.70. The predicted molar refractivity (Wildman–Crippen MR) is 107 cm³/mol. The van der Waals surface area contributed by atoms with Gasteiger partial charge in [-0.05, 0) is 63.8 Å². The lowest BCUT2D eigenvalue weighted by Gasteiger charge is -2.10. The largest absolute Gasteiger partial charge is 0.483 e. The normalized spacial score (nSPS) is 10.5. The number of non-ortho nitro benzene ring substituents is 1. The van der Waals surface area contributed by atoms with E-state index in [0.29, 0.717) is 11.3 Å². The van der Waals surface area contributed by atoms with E-state index in [9.17, 15) is 19.7 Å². The lowest BCUT2D eigenvalue weighted by molar-refractivity contribution is -0.384. The van der Waals surface area contributed by atoms with Crippen molar-refractivity contribution in [2.75, 3.05) is 6.61 Å². The zero-order valence-corrected chi connectivity index (χ0v) is 16.6. The number of nitro benzene ring substituents is 1. The number of nitrogens with zero attached hydrogens (tertiary/aromatic N) is 1. The van der Waals surface area contributed by atoms with Crippen LogP contribution in [0.2, 0.25) is 0 Å². The van der Waals surface area contributed by atoms with E-state index in [-0.39, 0.29) is 12.3 Å². The van der Waals surface area contributed by atoms with Gasteiger partial charge in [0.15, 0.2) is 6.61 Å². The summed E-state index contributed by atoms with van der Waals surface area (Å²) in [5.41, 5.74) is 6.17. The van der Waals surface area contributed by atoms with Crippen LogP contribution in [0.3, 0.4) is 0 Å². The number of nitrogens with one attached hydrogen (secondary N) is 2. The van der Waals surface area contributed by atoms with Crippen LogP contribution in [0, 0.1) is 10.1 Å². The molecule has 146 valence electrons. The van der Waals surface area contributed by atoms with Gasteiger partial charge in [-0.15, -0.1) is 0 Å². The van der Waals surface area contributed by atoms with Crippen LogP contribution in [0.25, 0.3) is 6.08 Å². The van der Waals surface area contributed by atoms with Crippen LogP contribution in [0.4, 0.5) is 5.69 Å². The molecule has 0 aliphatic heterocycles. The van der Waals surface area contributed by atoms with Gasteiger partial charge in [0.2, 0.25) is 0 Å². The summed E-state index contributed by atoms with van der Waals surface area (Å²) < 4.78 is 6.15. The summed E-state index contributed by atoms with van der Waals surface area (Å²) in [7, 11) is 0. The number of amides is 2. The van der Waals surface area contributed by atoms with E-state index in [1.54, 1.807) is 6.07 Å². The Hall–Kier alpha value is -3.20. The maximum absolute atomic E-state index is 11.8. The first kappa shape index (κ1) is 21.1. The van der Waals surface area contributed by atoms with Crippen molar-refractivity contribution < 1.29 is 19.2 Å². The molecular formula is C19H18BrN3O5. The van der Waals surface area contributed by atoms with Gasteiger partial charge in [0.1, 0.15) is 5.75 Å². The van der Waals surface area contributed by atoms with E-state index < -0.39 is 16.7 Å². The van der Waals surface area contributed by atoms with E-state index >= 15 is 0 Å². The van der Waals surface area contributed by atoms with Crippen molar-refractivity contribution in [1.29, 1.82) is 0 Å². The van der Waals surface area contributed by atoms with Crippen molar-refractivity contribution >= 4 is 39.5 Å². The molecule has 28 heavy (non-hydrogen) atoms. The monoisotopic (exact) mass is 447 g/mol. The molecule has 2 N–H and O–H groups in total. The molecule has 0 saturated heterocycles. The highest BCUT2D eigenvalue weighted by Gasteiger charge is 2.07. The highest BCUT2D eigenvalue weighted by atomic mass is 79.9. The van der Waals surface area contributed by atoms with Gasteiger partial charge in [0.25, 0.3) is 17.5 Å². The Bertz CT molecular complexity index is 897. The standard InChI is InChI=1S/C19H18BrN3O5/c1-2-13-5-9-17(16(20)11-13)28-12-19(25)22-21-18(24)10-6-14-3-7-15(8-4-14)23(26)27/h3-11H,2,12H2,1H3,(H,21,24)(H,22,25)/b10-6+. The summed E-state index contributed by atoms with van der Waals surface area (Å²) in [6.45, 7) is 1.77. The first-order valence-corrected chi connectivity index (χ1v) is 9.11. The van der Waals surface area contributed by atoms with Crippen molar-refractivity contribution in [3.63, 3.8) is 0 Å². The van der Waals surface area contributed by atoms with Crippen LogP contribution in [-0.4, -0.2) is 23.3 Å². The van der Waals surface area contributed by atoms with Gasteiger partial charge < -0.3 is 4.74 Å². The van der Waals surface area contributed by atoms with Gasteiger partial charge in [0, 0.05) is 18.2 Å². The molecule has 0 spiro atoms. The summed E-state index contributed by atoms with van der Waals surface area (Å²) in [6.07, 6.45) is 3.55. The predicted octanol–water partition coefficient (Wildman–Crippen LogP) is 3.16. The van der Waals surface area contributed by atoms with E-state index in [1.165, 1.54) is 36.4 Å².